The number of hydrogen-bond donors (Lipinski definition) is 0. The van der Waals surface area contributed by atoms with Crippen LogP contribution in [0, 0.1) is 0 Å². The molecule has 0 spiro atoms. The number of hydrogen-bond acceptors (Lipinski definition) is 3. The van der Waals surface area contributed by atoms with Crippen LogP contribution in [-0.4, -0.2) is 4.57 Å². The number of furan rings is 1. The monoisotopic (exact) mass is 793 g/mol. The van der Waals surface area contributed by atoms with Crippen molar-refractivity contribution in [3.8, 4) is 16.8 Å². The molecule has 12 aromatic rings. The van der Waals surface area contributed by atoms with Crippen molar-refractivity contribution in [1.82, 2.24) is 4.57 Å². The topological polar surface area (TPSA) is 24.6 Å². The fourth-order valence-corrected chi connectivity index (χ4v) is 9.36. The summed E-state index contributed by atoms with van der Waals surface area (Å²) >= 11 is 0. The van der Waals surface area contributed by atoms with E-state index < -0.39 is 0 Å². The minimum absolute atomic E-state index is 0.869. The van der Waals surface area contributed by atoms with Crippen molar-refractivity contribution in [3.63, 3.8) is 0 Å². The molecular weight excluding hydrogens is 755 g/mol. The molecule has 0 saturated heterocycles. The SMILES string of the molecule is c1ccc(N(c2ccc(-c3ccc(N(c4ccccc4)c4ccc5c(c4)oc4ccccc45)c4ccccc34)cc2)c2ccc3c4ccccc4n(-c4ccccc4)c3c2)cc1. The molecule has 0 aliphatic rings. The van der Waals surface area contributed by atoms with Crippen LogP contribution >= 0.6 is 0 Å². The summed E-state index contributed by atoms with van der Waals surface area (Å²) in [6, 6.07) is 84.6. The number of para-hydroxylation sites is 5. The molecule has 0 N–H and O–H groups in total. The second-order valence-electron chi connectivity index (χ2n) is 15.7. The molecule has 292 valence electrons. The van der Waals surface area contributed by atoms with Crippen molar-refractivity contribution in [1.29, 1.82) is 0 Å². The molecule has 62 heavy (non-hydrogen) atoms. The fourth-order valence-electron chi connectivity index (χ4n) is 9.36. The highest BCUT2D eigenvalue weighted by Gasteiger charge is 2.21. The van der Waals surface area contributed by atoms with Gasteiger partial charge in [-0.2, -0.15) is 0 Å². The summed E-state index contributed by atoms with van der Waals surface area (Å²) in [6.45, 7) is 0. The molecule has 0 saturated carbocycles. The second kappa shape index (κ2) is 14.7. The first-order valence-electron chi connectivity index (χ1n) is 21.1. The van der Waals surface area contributed by atoms with Crippen molar-refractivity contribution in [2.75, 3.05) is 9.80 Å². The van der Waals surface area contributed by atoms with E-state index in [9.17, 15) is 0 Å². The van der Waals surface area contributed by atoms with Crippen molar-refractivity contribution >= 4 is 88.6 Å². The Morgan fingerprint density at radius 1 is 0.306 bits per heavy atom. The molecule has 0 aliphatic heterocycles. The van der Waals surface area contributed by atoms with Crippen LogP contribution in [0.5, 0.6) is 0 Å². The first-order valence-corrected chi connectivity index (χ1v) is 21.1. The molecule has 0 amide bonds. The lowest BCUT2D eigenvalue weighted by molar-refractivity contribution is 0.669. The van der Waals surface area contributed by atoms with Crippen LogP contribution in [0.3, 0.4) is 0 Å². The molecule has 10 aromatic carbocycles. The van der Waals surface area contributed by atoms with E-state index in [1.165, 1.54) is 32.8 Å². The number of aromatic nitrogens is 1. The van der Waals surface area contributed by atoms with Crippen LogP contribution in [0.1, 0.15) is 0 Å². The maximum atomic E-state index is 6.39. The van der Waals surface area contributed by atoms with Crippen LogP contribution in [-0.2, 0) is 0 Å². The number of benzene rings is 10. The van der Waals surface area contributed by atoms with Gasteiger partial charge in [0.1, 0.15) is 11.2 Å². The number of nitrogens with zero attached hydrogens (tertiary/aromatic N) is 3. The molecular formula is C58H39N3O. The molecule has 0 radical (unpaired) electrons. The standard InChI is InChI=1S/C58H39N3O/c1-4-16-41(17-5-1)59(45-32-34-51-50-24-12-14-26-54(50)61(56(51)38-45)43-20-8-3-9-21-43)44-30-28-40(29-31-44)47-36-37-55(49-23-11-10-22-48(47)49)60(42-18-6-2-7-19-42)46-33-35-53-52-25-13-15-27-57(52)62-58(53)39-46/h1-39H. The summed E-state index contributed by atoms with van der Waals surface area (Å²) in [7, 11) is 0. The van der Waals surface area contributed by atoms with E-state index >= 15 is 0 Å². The van der Waals surface area contributed by atoms with Gasteiger partial charge in [0.25, 0.3) is 0 Å². The fraction of sp³-hybridized carbons (Fsp3) is 0. The zero-order valence-electron chi connectivity index (χ0n) is 33.8. The Kier molecular flexibility index (Phi) is 8.46. The molecule has 0 aliphatic carbocycles. The van der Waals surface area contributed by atoms with Gasteiger partial charge in [0.05, 0.1) is 16.7 Å². The van der Waals surface area contributed by atoms with Crippen LogP contribution in [0.15, 0.2) is 241 Å². The third kappa shape index (κ3) is 5.92. The third-order valence-electron chi connectivity index (χ3n) is 12.2. The maximum Gasteiger partial charge on any atom is 0.137 e. The number of rotatable bonds is 8. The van der Waals surface area contributed by atoms with E-state index in [4.69, 9.17) is 4.42 Å². The van der Waals surface area contributed by atoms with Crippen LogP contribution < -0.4 is 9.80 Å². The van der Waals surface area contributed by atoms with E-state index in [-0.39, 0.29) is 0 Å². The largest absolute Gasteiger partial charge is 0.456 e. The summed E-state index contributed by atoms with van der Waals surface area (Å²) in [5.74, 6) is 0. The smallest absolute Gasteiger partial charge is 0.137 e. The predicted molar refractivity (Wildman–Crippen MR) is 260 cm³/mol. The van der Waals surface area contributed by atoms with Crippen LogP contribution in [0.25, 0.3) is 71.3 Å². The molecule has 4 nitrogen and oxygen atoms in total. The van der Waals surface area contributed by atoms with Gasteiger partial charge in [-0.1, -0.05) is 140 Å². The van der Waals surface area contributed by atoms with Crippen molar-refractivity contribution < 1.29 is 4.42 Å². The highest BCUT2D eigenvalue weighted by atomic mass is 16.3. The maximum absolute atomic E-state index is 6.39. The zero-order chi connectivity index (χ0) is 41.0. The normalized spacial score (nSPS) is 11.5. The lowest BCUT2D eigenvalue weighted by atomic mass is 9.96. The summed E-state index contributed by atoms with van der Waals surface area (Å²) < 4.78 is 8.77. The first kappa shape index (κ1) is 35.6. The number of anilines is 6. The van der Waals surface area contributed by atoms with Gasteiger partial charge in [-0.25, -0.2) is 0 Å². The third-order valence-corrected chi connectivity index (χ3v) is 12.2. The Hall–Kier alpha value is -8.34. The highest BCUT2D eigenvalue weighted by Crippen LogP contribution is 2.45. The molecule has 0 fully saturated rings. The zero-order valence-corrected chi connectivity index (χ0v) is 33.8. The Morgan fingerprint density at radius 2 is 0.823 bits per heavy atom. The van der Waals surface area contributed by atoms with E-state index in [1.807, 2.05) is 12.1 Å². The molecule has 2 aromatic heterocycles. The minimum atomic E-state index is 0.869. The molecule has 0 atom stereocenters. The van der Waals surface area contributed by atoms with Crippen molar-refractivity contribution in [2.24, 2.45) is 0 Å². The average Bonchev–Trinajstić information content (AvgIpc) is 3.88. The summed E-state index contributed by atoms with van der Waals surface area (Å²) in [4.78, 5) is 4.70. The Balaban J connectivity index is 0.966. The van der Waals surface area contributed by atoms with E-state index in [1.54, 1.807) is 0 Å². The van der Waals surface area contributed by atoms with Gasteiger partial charge >= 0.3 is 0 Å². The quantitative estimate of drug-likeness (QED) is 0.153. The Labute approximate surface area is 359 Å². The Bertz CT molecular complexity index is 3570. The van der Waals surface area contributed by atoms with Gasteiger partial charge in [-0.05, 0) is 108 Å². The first-order chi connectivity index (χ1) is 30.8. The lowest BCUT2D eigenvalue weighted by Gasteiger charge is -2.27. The molecule has 12 rings (SSSR count). The van der Waals surface area contributed by atoms with Gasteiger partial charge in [0, 0.05) is 67.1 Å². The Morgan fingerprint density at radius 3 is 1.56 bits per heavy atom. The van der Waals surface area contributed by atoms with Gasteiger partial charge < -0.3 is 18.8 Å². The van der Waals surface area contributed by atoms with Gasteiger partial charge in [-0.3, -0.25) is 0 Å². The second-order valence-corrected chi connectivity index (χ2v) is 15.7. The molecule has 0 unspecified atom stereocenters. The van der Waals surface area contributed by atoms with Crippen molar-refractivity contribution in [2.45, 2.75) is 0 Å². The van der Waals surface area contributed by atoms with Gasteiger partial charge in [0.15, 0.2) is 0 Å². The van der Waals surface area contributed by atoms with Crippen LogP contribution in [0.4, 0.5) is 34.1 Å². The van der Waals surface area contributed by atoms with Crippen LogP contribution in [0.2, 0.25) is 0 Å². The average molecular weight is 794 g/mol. The summed E-state index contributed by atoms with van der Waals surface area (Å²) in [6.07, 6.45) is 0. The lowest BCUT2D eigenvalue weighted by Crippen LogP contribution is -2.10. The molecule has 0 bridgehead atoms. The summed E-state index contributed by atoms with van der Waals surface area (Å²) in [5, 5.41) is 7.06. The van der Waals surface area contributed by atoms with Crippen molar-refractivity contribution in [3.05, 3.63) is 237 Å². The van der Waals surface area contributed by atoms with E-state index in [2.05, 4.69) is 239 Å². The molecule has 2 heterocycles. The minimum Gasteiger partial charge on any atom is -0.456 e. The van der Waals surface area contributed by atoms with E-state index in [0.717, 1.165) is 72.7 Å². The van der Waals surface area contributed by atoms with Gasteiger partial charge in [0.2, 0.25) is 0 Å². The van der Waals surface area contributed by atoms with Gasteiger partial charge in [-0.15, -0.1) is 0 Å². The highest BCUT2D eigenvalue weighted by molar-refractivity contribution is 6.11. The number of fused-ring (bicyclic) bond motifs is 7. The summed E-state index contributed by atoms with van der Waals surface area (Å²) in [5.41, 5.74) is 14.1. The van der Waals surface area contributed by atoms with E-state index in [0.29, 0.717) is 0 Å². The molecule has 4 heteroatoms. The predicted octanol–water partition coefficient (Wildman–Crippen LogP) is 16.4.